The number of carboxylic acid groups (broad SMARTS) is 2. The molecule has 1 atom stereocenters. The second-order valence-corrected chi connectivity index (χ2v) is 8.70. The largest absolute Gasteiger partial charge is 0.496 e. The first-order valence-corrected chi connectivity index (χ1v) is 12.2. The number of nitrogens with zero attached hydrogens (tertiary/aromatic N) is 1. The maximum Gasteiger partial charge on any atom is 0.300 e. The average molecular weight is 516 g/mol. The quantitative estimate of drug-likeness (QED) is 0.457. The van der Waals surface area contributed by atoms with Gasteiger partial charge >= 0.3 is 0 Å². The number of amides is 1. The SMILES string of the molecule is CC(=O)O.CC(=O)O.COc1ccc(C(=O)Nc2ccccc2N2CCOCC2)cc1CC1CCNC1. The van der Waals surface area contributed by atoms with Crippen LogP contribution < -0.4 is 20.3 Å². The first-order valence-electron chi connectivity index (χ1n) is 12.2. The fourth-order valence-electron chi connectivity index (χ4n) is 4.13. The fourth-order valence-corrected chi connectivity index (χ4v) is 4.13. The zero-order valence-corrected chi connectivity index (χ0v) is 21.7. The third-order valence-corrected chi connectivity index (χ3v) is 5.72. The molecule has 37 heavy (non-hydrogen) atoms. The Morgan fingerprint density at radius 1 is 1.08 bits per heavy atom. The minimum absolute atomic E-state index is 0.0980. The number of ether oxygens (including phenoxy) is 2. The van der Waals surface area contributed by atoms with Crippen molar-refractivity contribution < 1.29 is 34.1 Å². The number of benzene rings is 2. The number of morpholine rings is 1. The molecule has 2 heterocycles. The first kappa shape index (κ1) is 29.6. The molecule has 4 rings (SSSR count). The Labute approximate surface area is 217 Å². The molecule has 0 radical (unpaired) electrons. The fraction of sp³-hybridized carbons (Fsp3) is 0.444. The minimum Gasteiger partial charge on any atom is -0.496 e. The summed E-state index contributed by atoms with van der Waals surface area (Å²) in [5, 5.41) is 21.3. The molecule has 2 aromatic rings. The number of anilines is 2. The van der Waals surface area contributed by atoms with Crippen molar-refractivity contribution in [2.45, 2.75) is 26.7 Å². The molecule has 1 amide bonds. The van der Waals surface area contributed by atoms with Gasteiger partial charge in [0.15, 0.2) is 0 Å². The van der Waals surface area contributed by atoms with Crippen LogP contribution in [0.15, 0.2) is 42.5 Å². The molecule has 1 unspecified atom stereocenters. The molecular weight excluding hydrogens is 478 g/mol. The van der Waals surface area contributed by atoms with Gasteiger partial charge in [0.2, 0.25) is 0 Å². The number of hydrogen-bond acceptors (Lipinski definition) is 7. The van der Waals surface area contributed by atoms with Crippen LogP contribution in [0.3, 0.4) is 0 Å². The summed E-state index contributed by atoms with van der Waals surface area (Å²) in [4.78, 5) is 33.3. The van der Waals surface area contributed by atoms with Crippen LogP contribution in [0.1, 0.15) is 36.2 Å². The van der Waals surface area contributed by atoms with Crippen molar-refractivity contribution in [3.63, 3.8) is 0 Å². The number of carbonyl (C=O) groups excluding carboxylic acids is 1. The highest BCUT2D eigenvalue weighted by atomic mass is 16.5. The van der Waals surface area contributed by atoms with Gasteiger partial charge in [0.05, 0.1) is 31.7 Å². The van der Waals surface area contributed by atoms with Crippen molar-refractivity contribution >= 4 is 29.2 Å². The van der Waals surface area contributed by atoms with E-state index in [1.807, 2.05) is 42.5 Å². The minimum atomic E-state index is -0.833. The Balaban J connectivity index is 0.000000530. The van der Waals surface area contributed by atoms with Gasteiger partial charge in [0, 0.05) is 32.5 Å². The lowest BCUT2D eigenvalue weighted by Gasteiger charge is -2.30. The van der Waals surface area contributed by atoms with Crippen molar-refractivity contribution in [1.29, 1.82) is 0 Å². The highest BCUT2D eigenvalue weighted by Gasteiger charge is 2.20. The number of para-hydroxylation sites is 2. The average Bonchev–Trinajstić information content (AvgIpc) is 3.37. The van der Waals surface area contributed by atoms with Gasteiger partial charge < -0.3 is 35.2 Å². The summed E-state index contributed by atoms with van der Waals surface area (Å²) < 4.78 is 11.0. The maximum absolute atomic E-state index is 13.0. The zero-order chi connectivity index (χ0) is 27.2. The van der Waals surface area contributed by atoms with E-state index < -0.39 is 11.9 Å². The van der Waals surface area contributed by atoms with Gasteiger partial charge in [-0.25, -0.2) is 0 Å². The van der Waals surface area contributed by atoms with Gasteiger partial charge in [-0.1, -0.05) is 12.1 Å². The van der Waals surface area contributed by atoms with Gasteiger partial charge in [0.25, 0.3) is 17.8 Å². The van der Waals surface area contributed by atoms with Crippen LogP contribution >= 0.6 is 0 Å². The number of carbonyl (C=O) groups is 3. The molecule has 2 saturated heterocycles. The van der Waals surface area contributed by atoms with E-state index in [1.165, 1.54) is 0 Å². The molecule has 10 heteroatoms. The van der Waals surface area contributed by atoms with E-state index in [1.54, 1.807) is 7.11 Å². The molecule has 0 bridgehead atoms. The van der Waals surface area contributed by atoms with Gasteiger partial charge in [-0.3, -0.25) is 14.4 Å². The smallest absolute Gasteiger partial charge is 0.300 e. The van der Waals surface area contributed by atoms with E-state index in [-0.39, 0.29) is 5.91 Å². The van der Waals surface area contributed by atoms with E-state index in [0.717, 1.165) is 75.6 Å². The summed E-state index contributed by atoms with van der Waals surface area (Å²) in [5.41, 5.74) is 3.62. The Bertz CT molecular complexity index is 1010. The van der Waals surface area contributed by atoms with Gasteiger partial charge in [-0.05, 0) is 67.7 Å². The van der Waals surface area contributed by atoms with Gasteiger partial charge in [0.1, 0.15) is 5.75 Å². The third-order valence-electron chi connectivity index (χ3n) is 5.72. The Kier molecular flexibility index (Phi) is 12.4. The Morgan fingerprint density at radius 2 is 1.73 bits per heavy atom. The summed E-state index contributed by atoms with van der Waals surface area (Å²) in [6.45, 7) is 7.32. The maximum atomic E-state index is 13.0. The molecule has 0 spiro atoms. The second kappa shape index (κ2) is 15.5. The van der Waals surface area contributed by atoms with Crippen molar-refractivity contribution in [3.8, 4) is 5.75 Å². The summed E-state index contributed by atoms with van der Waals surface area (Å²) in [7, 11) is 1.68. The predicted molar refractivity (Wildman–Crippen MR) is 142 cm³/mol. The molecule has 4 N–H and O–H groups in total. The van der Waals surface area contributed by atoms with Gasteiger partial charge in [-0.15, -0.1) is 0 Å². The molecule has 2 aromatic carbocycles. The lowest BCUT2D eigenvalue weighted by molar-refractivity contribution is -0.135. The van der Waals surface area contributed by atoms with Crippen LogP contribution in [0.5, 0.6) is 5.75 Å². The van der Waals surface area contributed by atoms with Crippen molar-refractivity contribution in [2.24, 2.45) is 5.92 Å². The highest BCUT2D eigenvalue weighted by molar-refractivity contribution is 6.06. The predicted octanol–water partition coefficient (Wildman–Crippen LogP) is 3.12. The van der Waals surface area contributed by atoms with Crippen molar-refractivity contribution in [2.75, 3.05) is 56.7 Å². The molecule has 2 fully saturated rings. The molecule has 0 aliphatic carbocycles. The molecule has 2 aliphatic rings. The van der Waals surface area contributed by atoms with Crippen molar-refractivity contribution in [1.82, 2.24) is 5.32 Å². The van der Waals surface area contributed by atoms with Crippen molar-refractivity contribution in [3.05, 3.63) is 53.6 Å². The van der Waals surface area contributed by atoms with Crippen LogP contribution in [0.25, 0.3) is 0 Å². The Morgan fingerprint density at radius 3 is 2.32 bits per heavy atom. The zero-order valence-electron chi connectivity index (χ0n) is 21.7. The van der Waals surface area contributed by atoms with Crippen LogP contribution in [0.4, 0.5) is 11.4 Å². The lowest BCUT2D eigenvalue weighted by Crippen LogP contribution is -2.36. The summed E-state index contributed by atoms with van der Waals surface area (Å²) >= 11 is 0. The van der Waals surface area contributed by atoms with Crippen LogP contribution in [0, 0.1) is 5.92 Å². The number of aliphatic carboxylic acids is 2. The van der Waals surface area contributed by atoms with Gasteiger partial charge in [-0.2, -0.15) is 0 Å². The summed E-state index contributed by atoms with van der Waals surface area (Å²) in [6.07, 6.45) is 2.08. The molecule has 2 aliphatic heterocycles. The number of carboxylic acids is 2. The molecular formula is C27H37N3O7. The second-order valence-electron chi connectivity index (χ2n) is 8.70. The standard InChI is InChI=1S/C23H29N3O3.2C2H4O2/c1-28-22-7-6-18(15-19(22)14-17-8-9-24-16-17)23(27)25-20-4-2-3-5-21(20)26-10-12-29-13-11-26;2*1-2(3)4/h2-7,15,17,24H,8-14,16H2,1H3,(H,25,27);2*1H3,(H,3,4). The number of rotatable bonds is 6. The lowest BCUT2D eigenvalue weighted by atomic mass is 9.96. The van der Waals surface area contributed by atoms with Crippen LogP contribution in [-0.4, -0.2) is 74.6 Å². The number of methoxy groups -OCH3 is 1. The van der Waals surface area contributed by atoms with E-state index in [9.17, 15) is 4.79 Å². The molecule has 202 valence electrons. The van der Waals surface area contributed by atoms with Crippen LogP contribution in [0.2, 0.25) is 0 Å². The number of hydrogen-bond donors (Lipinski definition) is 4. The molecule has 0 aromatic heterocycles. The normalized spacial score (nSPS) is 16.4. The summed E-state index contributed by atoms with van der Waals surface area (Å²) in [5.74, 6) is -0.328. The molecule has 0 saturated carbocycles. The third kappa shape index (κ3) is 10.5. The van der Waals surface area contributed by atoms with E-state index in [0.29, 0.717) is 24.7 Å². The summed E-state index contributed by atoms with van der Waals surface area (Å²) in [6, 6.07) is 13.7. The van der Waals surface area contributed by atoms with E-state index in [4.69, 9.17) is 29.3 Å². The monoisotopic (exact) mass is 515 g/mol. The Hall–Kier alpha value is -3.63. The number of nitrogens with one attached hydrogen (secondary N) is 2. The topological polar surface area (TPSA) is 137 Å². The van der Waals surface area contributed by atoms with Crippen LogP contribution in [-0.2, 0) is 20.7 Å². The molecule has 10 nitrogen and oxygen atoms in total. The van der Waals surface area contributed by atoms with E-state index in [2.05, 4.69) is 15.5 Å². The highest BCUT2D eigenvalue weighted by Crippen LogP contribution is 2.28. The first-order chi connectivity index (χ1) is 17.7. The van der Waals surface area contributed by atoms with E-state index >= 15 is 0 Å².